The summed E-state index contributed by atoms with van der Waals surface area (Å²) in [6.45, 7) is 2.11. The Bertz CT molecular complexity index is 232. The smallest absolute Gasteiger partial charge is 0.249 e. The topological polar surface area (TPSA) is 72.7 Å². The highest BCUT2D eigenvalue weighted by Crippen LogP contribution is 2.27. The predicted molar refractivity (Wildman–Crippen MR) is 54.8 cm³/mol. The van der Waals surface area contributed by atoms with E-state index in [1.54, 1.807) is 0 Å². The van der Waals surface area contributed by atoms with Crippen LogP contribution in [0.25, 0.3) is 0 Å². The Morgan fingerprint density at radius 2 is 2.07 bits per heavy atom. The molecule has 80 valence electrons. The molecule has 0 saturated carbocycles. The molecule has 1 rings (SSSR count). The Morgan fingerprint density at radius 1 is 1.36 bits per heavy atom. The van der Waals surface area contributed by atoms with Gasteiger partial charge in [-0.2, -0.15) is 0 Å². The Balaban J connectivity index is 2.09. The fourth-order valence-corrected chi connectivity index (χ4v) is 2.01. The van der Waals surface area contributed by atoms with Gasteiger partial charge in [-0.1, -0.05) is 31.5 Å². The second kappa shape index (κ2) is 5.36. The van der Waals surface area contributed by atoms with Gasteiger partial charge in [-0.05, 0) is 6.42 Å². The highest BCUT2D eigenvalue weighted by atomic mass is 32.2. The van der Waals surface area contributed by atoms with Gasteiger partial charge in [0.15, 0.2) is 12.2 Å². The van der Waals surface area contributed by atoms with Crippen molar-refractivity contribution >= 4 is 22.8 Å². The highest BCUT2D eigenvalue weighted by Gasteiger charge is 2.48. The number of thioether (sulfide) groups is 1. The molecule has 0 spiro atoms. The number of epoxide rings is 1. The van der Waals surface area contributed by atoms with E-state index in [0.29, 0.717) is 0 Å². The van der Waals surface area contributed by atoms with Crippen LogP contribution in [0.2, 0.25) is 0 Å². The third-order valence-corrected chi connectivity index (χ3v) is 3.01. The minimum atomic E-state index is -0.666. The first-order valence-corrected chi connectivity index (χ1v) is 5.76. The number of hydrogen-bond acceptors (Lipinski definition) is 4. The Kier molecular flexibility index (Phi) is 4.41. The second-order valence-corrected chi connectivity index (χ2v) is 4.35. The van der Waals surface area contributed by atoms with E-state index in [2.05, 4.69) is 6.92 Å². The maximum atomic E-state index is 11.3. The molecule has 1 aliphatic heterocycles. The fraction of sp³-hybridized carbons (Fsp3) is 0.778. The second-order valence-electron chi connectivity index (χ2n) is 3.25. The lowest BCUT2D eigenvalue weighted by Crippen LogP contribution is -2.22. The number of rotatable bonds is 6. The number of ether oxygens (including phenoxy) is 1. The molecule has 2 atom stereocenters. The molecule has 0 aromatic rings. The number of primary amides is 1. The van der Waals surface area contributed by atoms with E-state index in [1.807, 2.05) is 0 Å². The third kappa shape index (κ3) is 3.31. The van der Waals surface area contributed by atoms with Gasteiger partial charge in [-0.15, -0.1) is 0 Å². The number of hydrogen-bond donors (Lipinski definition) is 1. The SMILES string of the molecule is CCCCCSC(=O)C1OC1C(N)=O. The average molecular weight is 217 g/mol. The lowest BCUT2D eigenvalue weighted by molar-refractivity contribution is -0.119. The minimum Gasteiger partial charge on any atom is -0.367 e. The van der Waals surface area contributed by atoms with Crippen molar-refractivity contribution in [2.24, 2.45) is 5.73 Å². The zero-order valence-electron chi connectivity index (χ0n) is 8.19. The quantitative estimate of drug-likeness (QED) is 0.525. The summed E-state index contributed by atoms with van der Waals surface area (Å²) in [6.07, 6.45) is 2.06. The van der Waals surface area contributed by atoms with Crippen molar-refractivity contribution in [3.8, 4) is 0 Å². The summed E-state index contributed by atoms with van der Waals surface area (Å²) in [5.41, 5.74) is 4.98. The van der Waals surface area contributed by atoms with Crippen molar-refractivity contribution in [2.45, 2.75) is 38.4 Å². The van der Waals surface area contributed by atoms with Gasteiger partial charge in [0.1, 0.15) is 0 Å². The van der Waals surface area contributed by atoms with Crippen molar-refractivity contribution in [1.82, 2.24) is 0 Å². The van der Waals surface area contributed by atoms with E-state index in [4.69, 9.17) is 10.5 Å². The van der Waals surface area contributed by atoms with Gasteiger partial charge >= 0.3 is 0 Å². The molecule has 0 aliphatic carbocycles. The van der Waals surface area contributed by atoms with Gasteiger partial charge in [-0.3, -0.25) is 9.59 Å². The van der Waals surface area contributed by atoms with Crippen LogP contribution in [0.5, 0.6) is 0 Å². The van der Waals surface area contributed by atoms with Crippen LogP contribution in [0.15, 0.2) is 0 Å². The third-order valence-electron chi connectivity index (χ3n) is 2.00. The maximum Gasteiger partial charge on any atom is 0.249 e. The molecule has 2 unspecified atom stereocenters. The first-order chi connectivity index (χ1) is 6.66. The van der Waals surface area contributed by atoms with Crippen molar-refractivity contribution in [3.05, 3.63) is 0 Å². The minimum absolute atomic E-state index is 0.0649. The lowest BCUT2D eigenvalue weighted by Gasteiger charge is -1.96. The Hall–Kier alpha value is -0.550. The van der Waals surface area contributed by atoms with Crippen molar-refractivity contribution in [2.75, 3.05) is 5.75 Å². The Labute approximate surface area is 87.6 Å². The molecule has 1 fully saturated rings. The van der Waals surface area contributed by atoms with Crippen LogP contribution in [0.4, 0.5) is 0 Å². The van der Waals surface area contributed by atoms with Crippen molar-refractivity contribution in [1.29, 1.82) is 0 Å². The summed E-state index contributed by atoms with van der Waals surface area (Å²) in [5, 5.41) is -0.0649. The maximum absolute atomic E-state index is 11.3. The van der Waals surface area contributed by atoms with Gasteiger partial charge in [0.2, 0.25) is 11.0 Å². The molecule has 4 nitrogen and oxygen atoms in total. The molecule has 14 heavy (non-hydrogen) atoms. The molecule has 1 saturated heterocycles. The highest BCUT2D eigenvalue weighted by molar-refractivity contribution is 8.13. The molecule has 5 heteroatoms. The van der Waals surface area contributed by atoms with Crippen LogP contribution in [0.3, 0.4) is 0 Å². The summed E-state index contributed by atoms with van der Waals surface area (Å²) in [6, 6.07) is 0. The van der Waals surface area contributed by atoms with Gasteiger partial charge in [-0.25, -0.2) is 0 Å². The molecule has 0 bridgehead atoms. The number of carbonyl (C=O) groups is 2. The number of carbonyl (C=O) groups excluding carboxylic acids is 2. The van der Waals surface area contributed by atoms with Crippen LogP contribution in [-0.4, -0.2) is 29.0 Å². The first kappa shape index (κ1) is 11.5. The van der Waals surface area contributed by atoms with Gasteiger partial charge in [0.05, 0.1) is 0 Å². The number of nitrogens with two attached hydrogens (primary N) is 1. The van der Waals surface area contributed by atoms with E-state index >= 15 is 0 Å². The van der Waals surface area contributed by atoms with Crippen LogP contribution < -0.4 is 5.73 Å². The van der Waals surface area contributed by atoms with E-state index in [1.165, 1.54) is 11.8 Å². The molecule has 1 aliphatic rings. The van der Waals surface area contributed by atoms with Crippen LogP contribution >= 0.6 is 11.8 Å². The largest absolute Gasteiger partial charge is 0.367 e. The number of unbranched alkanes of at least 4 members (excludes halogenated alkanes) is 2. The van der Waals surface area contributed by atoms with Crippen LogP contribution in [0.1, 0.15) is 26.2 Å². The summed E-state index contributed by atoms with van der Waals surface area (Å²) in [5.74, 6) is 0.260. The zero-order chi connectivity index (χ0) is 10.6. The zero-order valence-corrected chi connectivity index (χ0v) is 9.01. The monoisotopic (exact) mass is 217 g/mol. The molecule has 2 N–H and O–H groups in total. The van der Waals surface area contributed by atoms with Gasteiger partial charge in [0, 0.05) is 5.75 Å². The molecular weight excluding hydrogens is 202 g/mol. The van der Waals surface area contributed by atoms with Gasteiger partial charge in [0.25, 0.3) is 0 Å². The van der Waals surface area contributed by atoms with Crippen LogP contribution in [0, 0.1) is 0 Å². The number of amides is 1. The standard InChI is InChI=1S/C9H15NO3S/c1-2-3-4-5-14-9(12)7-6(13-7)8(10)11/h6-7H,2-5H2,1H3,(H2,10,11). The van der Waals surface area contributed by atoms with Gasteiger partial charge < -0.3 is 10.5 Å². The summed E-state index contributed by atoms with van der Waals surface area (Å²) >= 11 is 1.24. The average Bonchev–Trinajstić information content (AvgIpc) is 2.91. The summed E-state index contributed by atoms with van der Waals surface area (Å²) < 4.78 is 4.85. The summed E-state index contributed by atoms with van der Waals surface area (Å²) in [7, 11) is 0. The molecule has 1 heterocycles. The fourth-order valence-electron chi connectivity index (χ4n) is 1.11. The van der Waals surface area contributed by atoms with Crippen molar-refractivity contribution < 1.29 is 14.3 Å². The normalized spacial score (nSPS) is 24.6. The Morgan fingerprint density at radius 3 is 2.57 bits per heavy atom. The molecule has 1 amide bonds. The van der Waals surface area contributed by atoms with E-state index in [9.17, 15) is 9.59 Å². The van der Waals surface area contributed by atoms with E-state index in [-0.39, 0.29) is 5.12 Å². The van der Waals surface area contributed by atoms with E-state index in [0.717, 1.165) is 25.0 Å². The van der Waals surface area contributed by atoms with Crippen LogP contribution in [-0.2, 0) is 14.3 Å². The van der Waals surface area contributed by atoms with Crippen molar-refractivity contribution in [3.63, 3.8) is 0 Å². The van der Waals surface area contributed by atoms with E-state index < -0.39 is 18.1 Å². The molecule has 0 aromatic heterocycles. The first-order valence-electron chi connectivity index (χ1n) is 4.78. The molecule has 0 radical (unpaired) electrons. The lowest BCUT2D eigenvalue weighted by atomic mass is 10.3. The molecule has 0 aromatic carbocycles. The molecular formula is C9H15NO3S. The summed E-state index contributed by atoms with van der Waals surface area (Å²) in [4.78, 5) is 21.9. The predicted octanol–water partition coefficient (Wildman–Crippen LogP) is 0.689.